The highest BCUT2D eigenvalue weighted by atomic mass is 32.2. The van der Waals surface area contributed by atoms with E-state index in [1.807, 2.05) is 38.0 Å². The molecule has 1 aliphatic rings. The fourth-order valence-corrected chi connectivity index (χ4v) is 2.83. The number of hydrogen-bond donors (Lipinski definition) is 0. The van der Waals surface area contributed by atoms with Gasteiger partial charge in [0, 0.05) is 28.2 Å². The second kappa shape index (κ2) is 7.42. The summed E-state index contributed by atoms with van der Waals surface area (Å²) >= 11 is 13.2. The lowest BCUT2D eigenvalue weighted by Gasteiger charge is -2.23. The van der Waals surface area contributed by atoms with Crippen molar-refractivity contribution in [1.82, 2.24) is 9.80 Å². The Kier molecular flexibility index (Phi) is 6.54. The number of ether oxygens (including phenoxy) is 2. The van der Waals surface area contributed by atoms with E-state index in [-0.39, 0.29) is 0 Å². The molecule has 0 spiro atoms. The molecule has 0 aromatic heterocycles. The van der Waals surface area contributed by atoms with Gasteiger partial charge < -0.3 is 19.3 Å². The Hall–Kier alpha value is -0.180. The summed E-state index contributed by atoms with van der Waals surface area (Å²) in [5.41, 5.74) is 0. The van der Waals surface area contributed by atoms with Crippen LogP contribution in [0, 0.1) is 0 Å². The lowest BCUT2D eigenvalue weighted by atomic mass is 10.7. The molecular weight excluding hydrogens is 308 g/mol. The minimum atomic E-state index is 0.539. The first-order chi connectivity index (χ1) is 8.41. The van der Waals surface area contributed by atoms with E-state index in [4.69, 9.17) is 33.9 Å². The van der Waals surface area contributed by atoms with Crippen molar-refractivity contribution >= 4 is 56.6 Å². The Balaban J connectivity index is 2.76. The molecule has 0 aliphatic carbocycles. The standard InChI is InChI=1S/C10H16N2O2S4/c1-11(2)9(15)17-7-8(14-6-5-13-7)18-10(16)12(3)4/h5-6H2,1-4H3. The van der Waals surface area contributed by atoms with Gasteiger partial charge in [-0.2, -0.15) is 0 Å². The predicted molar refractivity (Wildman–Crippen MR) is 86.7 cm³/mol. The third-order valence-corrected chi connectivity index (χ3v) is 5.22. The molecule has 0 saturated carbocycles. The minimum Gasteiger partial charge on any atom is -0.480 e. The van der Waals surface area contributed by atoms with Crippen LogP contribution < -0.4 is 0 Å². The summed E-state index contributed by atoms with van der Waals surface area (Å²) in [6, 6.07) is 0. The zero-order valence-corrected chi connectivity index (χ0v) is 14.0. The molecule has 0 saturated heterocycles. The van der Waals surface area contributed by atoms with Crippen LogP contribution in [0.15, 0.2) is 10.2 Å². The maximum atomic E-state index is 5.60. The lowest BCUT2D eigenvalue weighted by molar-refractivity contribution is 0.0945. The molecule has 0 aromatic rings. The molecule has 0 bridgehead atoms. The van der Waals surface area contributed by atoms with Gasteiger partial charge in [-0.1, -0.05) is 24.4 Å². The van der Waals surface area contributed by atoms with Gasteiger partial charge in [0.1, 0.15) is 21.9 Å². The highest BCUT2D eigenvalue weighted by Gasteiger charge is 2.21. The molecule has 0 fully saturated rings. The van der Waals surface area contributed by atoms with Crippen LogP contribution in [0.4, 0.5) is 0 Å². The molecule has 1 rings (SSSR count). The van der Waals surface area contributed by atoms with E-state index in [2.05, 4.69) is 0 Å². The molecule has 102 valence electrons. The van der Waals surface area contributed by atoms with E-state index in [1.165, 1.54) is 23.5 Å². The van der Waals surface area contributed by atoms with Crippen molar-refractivity contribution in [2.45, 2.75) is 0 Å². The van der Waals surface area contributed by atoms with Crippen molar-refractivity contribution in [2.75, 3.05) is 41.4 Å². The molecule has 1 heterocycles. The first-order valence-electron chi connectivity index (χ1n) is 5.20. The summed E-state index contributed by atoms with van der Waals surface area (Å²) < 4.78 is 12.6. The van der Waals surface area contributed by atoms with E-state index in [1.54, 1.807) is 0 Å². The van der Waals surface area contributed by atoms with Gasteiger partial charge in [-0.15, -0.1) is 0 Å². The van der Waals surface area contributed by atoms with E-state index in [0.29, 0.717) is 23.4 Å². The van der Waals surface area contributed by atoms with E-state index in [0.717, 1.165) is 8.64 Å². The molecular formula is C10H16N2O2S4. The van der Waals surface area contributed by atoms with Crippen LogP contribution in [0.5, 0.6) is 0 Å². The molecule has 1 aliphatic heterocycles. The number of nitrogens with zero attached hydrogens (tertiary/aromatic N) is 2. The molecule has 0 N–H and O–H groups in total. The van der Waals surface area contributed by atoms with Crippen LogP contribution in [-0.2, 0) is 9.47 Å². The van der Waals surface area contributed by atoms with Gasteiger partial charge in [0.2, 0.25) is 10.2 Å². The molecule has 0 radical (unpaired) electrons. The Morgan fingerprint density at radius 1 is 0.889 bits per heavy atom. The number of thioether (sulfide) groups is 2. The largest absolute Gasteiger partial charge is 0.480 e. The summed E-state index contributed by atoms with van der Waals surface area (Å²) in [5.74, 6) is 0. The summed E-state index contributed by atoms with van der Waals surface area (Å²) in [6.07, 6.45) is 0. The highest BCUT2D eigenvalue weighted by Crippen LogP contribution is 2.34. The maximum Gasteiger partial charge on any atom is 0.210 e. The topological polar surface area (TPSA) is 24.9 Å². The van der Waals surface area contributed by atoms with Gasteiger partial charge in [-0.3, -0.25) is 0 Å². The fourth-order valence-electron chi connectivity index (χ4n) is 0.870. The summed E-state index contributed by atoms with van der Waals surface area (Å²) in [5, 5.41) is 1.38. The highest BCUT2D eigenvalue weighted by molar-refractivity contribution is 8.28. The van der Waals surface area contributed by atoms with E-state index in [9.17, 15) is 0 Å². The van der Waals surface area contributed by atoms with Crippen LogP contribution in [0.3, 0.4) is 0 Å². The summed E-state index contributed by atoms with van der Waals surface area (Å²) in [6.45, 7) is 1.08. The van der Waals surface area contributed by atoms with Crippen molar-refractivity contribution in [3.63, 3.8) is 0 Å². The van der Waals surface area contributed by atoms with Gasteiger partial charge in [0.05, 0.1) is 0 Å². The van der Waals surface area contributed by atoms with E-state index >= 15 is 0 Å². The zero-order chi connectivity index (χ0) is 13.7. The molecule has 0 atom stereocenters. The first-order valence-corrected chi connectivity index (χ1v) is 7.65. The Morgan fingerprint density at radius 3 is 1.50 bits per heavy atom. The van der Waals surface area contributed by atoms with Crippen molar-refractivity contribution in [3.8, 4) is 0 Å². The summed E-state index contributed by atoms with van der Waals surface area (Å²) in [7, 11) is 7.60. The van der Waals surface area contributed by atoms with Crippen molar-refractivity contribution in [3.05, 3.63) is 10.2 Å². The first kappa shape index (κ1) is 15.9. The number of hydrogen-bond acceptors (Lipinski definition) is 6. The van der Waals surface area contributed by atoms with Crippen LogP contribution in [0.2, 0.25) is 0 Å². The third-order valence-electron chi connectivity index (χ3n) is 1.81. The van der Waals surface area contributed by atoms with Gasteiger partial charge in [-0.25, -0.2) is 0 Å². The normalized spacial score (nSPS) is 14.7. The monoisotopic (exact) mass is 324 g/mol. The Labute approximate surface area is 127 Å². The minimum absolute atomic E-state index is 0.539. The lowest BCUT2D eigenvalue weighted by Crippen LogP contribution is -2.21. The molecule has 4 nitrogen and oxygen atoms in total. The third kappa shape index (κ3) is 4.83. The maximum absolute atomic E-state index is 5.60. The molecule has 0 aromatic carbocycles. The van der Waals surface area contributed by atoms with Gasteiger partial charge in [-0.05, 0) is 23.5 Å². The molecule has 8 heteroatoms. The molecule has 0 unspecified atom stereocenters. The van der Waals surface area contributed by atoms with Gasteiger partial charge in [0.15, 0.2) is 0 Å². The fraction of sp³-hybridized carbons (Fsp3) is 0.600. The average molecular weight is 325 g/mol. The SMILES string of the molecule is CN(C)C(=S)SC1=C(SC(=S)N(C)C)OCCO1. The number of thiocarbonyl (C=S) groups is 2. The van der Waals surface area contributed by atoms with Crippen LogP contribution in [0.25, 0.3) is 0 Å². The van der Waals surface area contributed by atoms with Crippen molar-refractivity contribution in [2.24, 2.45) is 0 Å². The summed E-state index contributed by atoms with van der Waals surface area (Å²) in [4.78, 5) is 3.72. The predicted octanol–water partition coefficient (Wildman–Crippen LogP) is 2.32. The molecule has 0 amide bonds. The van der Waals surface area contributed by atoms with Crippen LogP contribution in [-0.4, -0.2) is 59.8 Å². The zero-order valence-electron chi connectivity index (χ0n) is 10.8. The second-order valence-corrected chi connectivity index (χ2v) is 7.01. The van der Waals surface area contributed by atoms with Crippen LogP contribution in [0.1, 0.15) is 0 Å². The molecule has 18 heavy (non-hydrogen) atoms. The van der Waals surface area contributed by atoms with Crippen LogP contribution >= 0.6 is 48.0 Å². The average Bonchev–Trinajstić information content (AvgIpc) is 2.31. The van der Waals surface area contributed by atoms with Gasteiger partial charge in [0.25, 0.3) is 0 Å². The second-order valence-electron chi connectivity index (χ2n) is 3.80. The van der Waals surface area contributed by atoms with Crippen molar-refractivity contribution < 1.29 is 9.47 Å². The van der Waals surface area contributed by atoms with E-state index < -0.39 is 0 Å². The Bertz CT molecular complexity index is 335. The Morgan fingerprint density at radius 2 is 1.22 bits per heavy atom. The van der Waals surface area contributed by atoms with Gasteiger partial charge >= 0.3 is 0 Å². The smallest absolute Gasteiger partial charge is 0.210 e. The quantitative estimate of drug-likeness (QED) is 0.714. The van der Waals surface area contributed by atoms with Crippen molar-refractivity contribution in [1.29, 1.82) is 0 Å². The number of rotatable bonds is 2.